The maximum atomic E-state index is 11.5. The van der Waals surface area contributed by atoms with Gasteiger partial charge in [0.1, 0.15) is 5.40 Å². The first-order valence-corrected chi connectivity index (χ1v) is 6.21. The summed E-state index contributed by atoms with van der Waals surface area (Å²) in [5.41, 5.74) is 0.606. The molecule has 0 aliphatic heterocycles. The van der Waals surface area contributed by atoms with Gasteiger partial charge in [-0.2, -0.15) is 5.26 Å². The van der Waals surface area contributed by atoms with Crippen LogP contribution in [-0.2, 0) is 0 Å². The zero-order valence-electron chi connectivity index (χ0n) is 6.96. The molecule has 1 aromatic rings. The molecule has 5 heteroatoms. The summed E-state index contributed by atoms with van der Waals surface area (Å²) < 4.78 is 1.69. The van der Waals surface area contributed by atoms with Crippen LogP contribution in [0.3, 0.4) is 0 Å². The van der Waals surface area contributed by atoms with Gasteiger partial charge in [-0.1, -0.05) is 31.9 Å². The Morgan fingerprint density at radius 1 is 1.36 bits per heavy atom. The third-order valence-electron chi connectivity index (χ3n) is 1.45. The molecule has 0 aliphatic rings. The van der Waals surface area contributed by atoms with Crippen molar-refractivity contribution < 1.29 is 4.79 Å². The second kappa shape index (κ2) is 5.54. The first kappa shape index (κ1) is 11.8. The summed E-state index contributed by atoms with van der Waals surface area (Å²) >= 11 is 7.54. The van der Waals surface area contributed by atoms with E-state index in [1.807, 2.05) is 11.5 Å². The summed E-state index contributed by atoms with van der Waals surface area (Å²) in [5, 5.41) is 10.2. The van der Waals surface area contributed by atoms with Gasteiger partial charge in [-0.15, -0.1) is 0 Å². The van der Waals surface area contributed by atoms with Gasteiger partial charge < -0.3 is 0 Å². The third-order valence-corrected chi connectivity index (χ3v) is 2.90. The van der Waals surface area contributed by atoms with Crippen LogP contribution in [0.15, 0.2) is 27.1 Å². The highest BCUT2D eigenvalue weighted by Gasteiger charge is 2.07. The molecule has 0 fully saturated rings. The van der Waals surface area contributed by atoms with Crippen molar-refractivity contribution in [2.75, 3.05) is 5.75 Å². The van der Waals surface area contributed by atoms with Crippen LogP contribution in [0.5, 0.6) is 0 Å². The van der Waals surface area contributed by atoms with Crippen molar-refractivity contribution in [3.05, 3.63) is 32.7 Å². The molecule has 0 saturated heterocycles. The van der Waals surface area contributed by atoms with Gasteiger partial charge in [0.15, 0.2) is 5.78 Å². The van der Waals surface area contributed by atoms with E-state index in [9.17, 15) is 4.79 Å². The van der Waals surface area contributed by atoms with Crippen molar-refractivity contribution in [3.63, 3.8) is 0 Å². The third kappa shape index (κ3) is 3.45. The molecule has 2 nitrogen and oxygen atoms in total. The van der Waals surface area contributed by atoms with Gasteiger partial charge >= 0.3 is 0 Å². The minimum absolute atomic E-state index is 0.0430. The largest absolute Gasteiger partial charge is 0.293 e. The van der Waals surface area contributed by atoms with E-state index in [2.05, 4.69) is 31.9 Å². The molecular weight excluding hydrogens is 330 g/mol. The predicted molar refractivity (Wildman–Crippen MR) is 64.2 cm³/mol. The average Bonchev–Trinajstić information content (AvgIpc) is 2.12. The average molecular weight is 335 g/mol. The Hall–Kier alpha value is -0.310. The lowest BCUT2D eigenvalue weighted by Gasteiger charge is -2.00. The molecule has 72 valence electrons. The summed E-state index contributed by atoms with van der Waals surface area (Å²) in [6, 6.07) is 5.34. The van der Waals surface area contributed by atoms with Crippen molar-refractivity contribution in [2.45, 2.75) is 0 Å². The SMILES string of the molecule is N#CSCC(=O)c1cc(Br)cc(Br)c1. The normalized spacial score (nSPS) is 9.50. The molecule has 0 amide bonds. The molecule has 0 radical (unpaired) electrons. The summed E-state index contributed by atoms with van der Waals surface area (Å²) in [6.45, 7) is 0. The highest BCUT2D eigenvalue weighted by atomic mass is 79.9. The highest BCUT2D eigenvalue weighted by molar-refractivity contribution is 9.11. The van der Waals surface area contributed by atoms with Crippen LogP contribution in [0.4, 0.5) is 0 Å². The van der Waals surface area contributed by atoms with Gasteiger partial charge in [0, 0.05) is 14.5 Å². The summed E-state index contributed by atoms with van der Waals surface area (Å²) in [5.74, 6) is 0.151. The fourth-order valence-corrected chi connectivity index (χ4v) is 2.55. The Labute approximate surface area is 103 Å². The second-order valence-corrected chi connectivity index (χ2v) is 5.05. The number of benzene rings is 1. The van der Waals surface area contributed by atoms with Crippen LogP contribution in [0, 0.1) is 10.7 Å². The van der Waals surface area contributed by atoms with Crippen LogP contribution in [0.25, 0.3) is 0 Å². The van der Waals surface area contributed by atoms with Crippen molar-refractivity contribution in [3.8, 4) is 5.40 Å². The number of Topliss-reactive ketones (excluding diaryl/α,β-unsaturated/α-hetero) is 1. The molecule has 0 unspecified atom stereocenters. The lowest BCUT2D eigenvalue weighted by atomic mass is 10.1. The maximum absolute atomic E-state index is 11.5. The standard InChI is InChI=1S/C9H5Br2NOS/c10-7-1-6(2-8(11)3-7)9(13)4-14-5-12/h1-3H,4H2. The first-order chi connectivity index (χ1) is 6.63. The molecule has 0 heterocycles. The lowest BCUT2D eigenvalue weighted by Crippen LogP contribution is -2.01. The predicted octanol–water partition coefficient (Wildman–Crippen LogP) is 3.61. The number of hydrogen-bond acceptors (Lipinski definition) is 3. The van der Waals surface area contributed by atoms with E-state index >= 15 is 0 Å². The van der Waals surface area contributed by atoms with E-state index in [-0.39, 0.29) is 11.5 Å². The fraction of sp³-hybridized carbons (Fsp3) is 0.111. The Bertz CT molecular complexity index is 380. The lowest BCUT2D eigenvalue weighted by molar-refractivity contribution is 0.102. The van der Waals surface area contributed by atoms with E-state index in [0.717, 1.165) is 20.7 Å². The molecule has 0 spiro atoms. The van der Waals surface area contributed by atoms with Crippen molar-refractivity contribution >= 4 is 49.4 Å². The number of carbonyl (C=O) groups is 1. The van der Waals surface area contributed by atoms with Crippen LogP contribution < -0.4 is 0 Å². The van der Waals surface area contributed by atoms with E-state index < -0.39 is 0 Å². The Morgan fingerprint density at radius 3 is 2.43 bits per heavy atom. The number of halogens is 2. The Morgan fingerprint density at radius 2 is 1.93 bits per heavy atom. The zero-order valence-corrected chi connectivity index (χ0v) is 10.9. The van der Waals surface area contributed by atoms with Crippen molar-refractivity contribution in [1.82, 2.24) is 0 Å². The number of thioether (sulfide) groups is 1. The number of hydrogen-bond donors (Lipinski definition) is 0. The number of rotatable bonds is 3. The minimum Gasteiger partial charge on any atom is -0.293 e. The Kier molecular flexibility index (Phi) is 4.66. The monoisotopic (exact) mass is 333 g/mol. The van der Waals surface area contributed by atoms with E-state index in [1.165, 1.54) is 0 Å². The summed E-state index contributed by atoms with van der Waals surface area (Å²) in [4.78, 5) is 11.5. The molecule has 14 heavy (non-hydrogen) atoms. The molecule has 0 bridgehead atoms. The summed E-state index contributed by atoms with van der Waals surface area (Å²) in [6.07, 6.45) is 0. The quantitative estimate of drug-likeness (QED) is 0.626. The Balaban J connectivity index is 2.85. The molecule has 0 aromatic heterocycles. The molecular formula is C9H5Br2NOS. The molecule has 0 atom stereocenters. The zero-order chi connectivity index (χ0) is 10.6. The second-order valence-electron chi connectivity index (χ2n) is 2.46. The fourth-order valence-electron chi connectivity index (χ4n) is 0.896. The molecule has 0 saturated carbocycles. The maximum Gasteiger partial charge on any atom is 0.173 e. The summed E-state index contributed by atoms with van der Waals surface area (Å²) in [7, 11) is 0. The first-order valence-electron chi connectivity index (χ1n) is 3.63. The van der Waals surface area contributed by atoms with Gasteiger partial charge in [-0.05, 0) is 30.0 Å². The van der Waals surface area contributed by atoms with Gasteiger partial charge in [-0.3, -0.25) is 4.79 Å². The van der Waals surface area contributed by atoms with Crippen LogP contribution >= 0.6 is 43.6 Å². The van der Waals surface area contributed by atoms with E-state index in [0.29, 0.717) is 5.56 Å². The van der Waals surface area contributed by atoms with Crippen molar-refractivity contribution in [1.29, 1.82) is 5.26 Å². The number of nitriles is 1. The van der Waals surface area contributed by atoms with Gasteiger partial charge in [0.05, 0.1) is 5.75 Å². The van der Waals surface area contributed by atoms with Gasteiger partial charge in [-0.25, -0.2) is 0 Å². The van der Waals surface area contributed by atoms with Gasteiger partial charge in [0.2, 0.25) is 0 Å². The highest BCUT2D eigenvalue weighted by Crippen LogP contribution is 2.21. The topological polar surface area (TPSA) is 40.9 Å². The van der Waals surface area contributed by atoms with Crippen LogP contribution in [0.1, 0.15) is 10.4 Å². The van der Waals surface area contributed by atoms with Crippen LogP contribution in [0.2, 0.25) is 0 Å². The smallest absolute Gasteiger partial charge is 0.173 e. The van der Waals surface area contributed by atoms with E-state index in [1.54, 1.807) is 12.1 Å². The number of ketones is 1. The number of thiocyanates is 1. The molecule has 1 rings (SSSR count). The number of nitrogens with zero attached hydrogens (tertiary/aromatic N) is 1. The van der Waals surface area contributed by atoms with Gasteiger partial charge in [0.25, 0.3) is 0 Å². The van der Waals surface area contributed by atoms with Crippen LogP contribution in [-0.4, -0.2) is 11.5 Å². The molecule has 1 aromatic carbocycles. The van der Waals surface area contributed by atoms with E-state index in [4.69, 9.17) is 5.26 Å². The molecule has 0 N–H and O–H groups in total. The minimum atomic E-state index is -0.0430. The number of carbonyl (C=O) groups excluding carboxylic acids is 1. The van der Waals surface area contributed by atoms with Crippen molar-refractivity contribution in [2.24, 2.45) is 0 Å². The molecule has 0 aliphatic carbocycles.